The van der Waals surface area contributed by atoms with Gasteiger partial charge in [0.2, 0.25) is 0 Å². The van der Waals surface area contributed by atoms with E-state index < -0.39 is 0 Å². The van der Waals surface area contributed by atoms with E-state index >= 15 is 0 Å². The number of aliphatic hydroxyl groups excluding tert-OH is 1. The van der Waals surface area contributed by atoms with Crippen LogP contribution in [0.4, 0.5) is 0 Å². The summed E-state index contributed by atoms with van der Waals surface area (Å²) >= 11 is 0. The van der Waals surface area contributed by atoms with Crippen molar-refractivity contribution < 1.29 is 5.11 Å². The summed E-state index contributed by atoms with van der Waals surface area (Å²) in [4.78, 5) is 4.06. The molecule has 1 aliphatic rings. The molecule has 2 atom stereocenters. The summed E-state index contributed by atoms with van der Waals surface area (Å²) in [7, 11) is 0. The van der Waals surface area contributed by atoms with Crippen molar-refractivity contribution in [2.45, 2.75) is 45.3 Å². The highest BCUT2D eigenvalue weighted by molar-refractivity contribution is 5.34. The van der Waals surface area contributed by atoms with Crippen molar-refractivity contribution >= 4 is 0 Å². The van der Waals surface area contributed by atoms with Gasteiger partial charge in [-0.2, -0.15) is 0 Å². The van der Waals surface area contributed by atoms with Gasteiger partial charge >= 0.3 is 0 Å². The monoisotopic (exact) mass is 299 g/mol. The molecule has 0 radical (unpaired) electrons. The Morgan fingerprint density at radius 1 is 1.32 bits per heavy atom. The first-order valence-corrected chi connectivity index (χ1v) is 8.13. The Balaban J connectivity index is 1.53. The van der Waals surface area contributed by atoms with Gasteiger partial charge in [-0.1, -0.05) is 31.9 Å². The lowest BCUT2D eigenvalue weighted by atomic mass is 9.73. The van der Waals surface area contributed by atoms with E-state index in [4.69, 9.17) is 0 Å². The van der Waals surface area contributed by atoms with Gasteiger partial charge < -0.3 is 15.0 Å². The van der Waals surface area contributed by atoms with Crippen molar-refractivity contribution in [3.8, 4) is 5.69 Å². The molecule has 4 nitrogen and oxygen atoms in total. The largest absolute Gasteiger partial charge is 0.393 e. The van der Waals surface area contributed by atoms with Crippen molar-refractivity contribution in [1.29, 1.82) is 0 Å². The van der Waals surface area contributed by atoms with Gasteiger partial charge in [-0.05, 0) is 30.5 Å². The minimum atomic E-state index is -0.169. The molecule has 4 heteroatoms. The van der Waals surface area contributed by atoms with E-state index in [9.17, 15) is 5.11 Å². The Kier molecular flexibility index (Phi) is 4.60. The summed E-state index contributed by atoms with van der Waals surface area (Å²) in [6.45, 7) is 3.91. The predicted molar refractivity (Wildman–Crippen MR) is 87.9 cm³/mol. The molecular weight excluding hydrogens is 274 g/mol. The number of rotatable bonds is 5. The fourth-order valence-electron chi connectivity index (χ4n) is 3.28. The summed E-state index contributed by atoms with van der Waals surface area (Å²) < 4.78 is 2.00. The van der Waals surface area contributed by atoms with Crippen molar-refractivity contribution in [1.82, 2.24) is 14.9 Å². The van der Waals surface area contributed by atoms with Crippen LogP contribution < -0.4 is 5.32 Å². The third-order valence-corrected chi connectivity index (χ3v) is 4.88. The second-order valence-corrected chi connectivity index (χ2v) is 6.66. The highest BCUT2D eigenvalue weighted by Gasteiger charge is 2.34. The molecule has 3 rings (SSSR count). The summed E-state index contributed by atoms with van der Waals surface area (Å²) in [6, 6.07) is 8.50. The maximum absolute atomic E-state index is 10.2. The molecule has 0 aliphatic heterocycles. The molecule has 0 saturated heterocycles. The van der Waals surface area contributed by atoms with Crippen LogP contribution in [0.3, 0.4) is 0 Å². The number of aromatic nitrogens is 2. The van der Waals surface area contributed by atoms with Gasteiger partial charge in [0.25, 0.3) is 0 Å². The van der Waals surface area contributed by atoms with Crippen molar-refractivity contribution in [3.05, 3.63) is 48.5 Å². The quantitative estimate of drug-likeness (QED) is 0.892. The fraction of sp³-hybridized carbons (Fsp3) is 0.500. The number of hydrogen-bond donors (Lipinski definition) is 2. The van der Waals surface area contributed by atoms with Gasteiger partial charge in [-0.3, -0.25) is 0 Å². The Hall–Kier alpha value is -1.65. The lowest BCUT2D eigenvalue weighted by Crippen LogP contribution is -2.43. The minimum absolute atomic E-state index is 0.0228. The Morgan fingerprint density at radius 3 is 2.82 bits per heavy atom. The summed E-state index contributed by atoms with van der Waals surface area (Å²) in [5.41, 5.74) is 2.41. The maximum Gasteiger partial charge on any atom is 0.0991 e. The van der Waals surface area contributed by atoms with Crippen molar-refractivity contribution in [2.24, 2.45) is 5.41 Å². The average molecular weight is 299 g/mol. The molecule has 1 aromatic carbocycles. The van der Waals surface area contributed by atoms with Crippen LogP contribution in [0.2, 0.25) is 0 Å². The van der Waals surface area contributed by atoms with Crippen LogP contribution in [0.1, 0.15) is 38.2 Å². The molecule has 118 valence electrons. The van der Waals surface area contributed by atoms with Crippen LogP contribution in [0, 0.1) is 5.41 Å². The van der Waals surface area contributed by atoms with Crippen LogP contribution in [-0.2, 0) is 6.54 Å². The first-order chi connectivity index (χ1) is 10.7. The van der Waals surface area contributed by atoms with Gasteiger partial charge in [0.1, 0.15) is 0 Å². The van der Waals surface area contributed by atoms with E-state index in [0.29, 0.717) is 0 Å². The molecule has 2 aromatic rings. The van der Waals surface area contributed by atoms with Crippen LogP contribution in [0.5, 0.6) is 0 Å². The van der Waals surface area contributed by atoms with Crippen LogP contribution in [0.25, 0.3) is 5.69 Å². The fourth-order valence-corrected chi connectivity index (χ4v) is 3.28. The van der Waals surface area contributed by atoms with Gasteiger partial charge in [0.15, 0.2) is 0 Å². The Morgan fingerprint density at radius 2 is 2.14 bits per heavy atom. The zero-order chi connectivity index (χ0) is 15.4. The van der Waals surface area contributed by atoms with Crippen molar-refractivity contribution in [2.75, 3.05) is 6.54 Å². The molecule has 0 bridgehead atoms. The smallest absolute Gasteiger partial charge is 0.0991 e. The number of nitrogens with one attached hydrogen (secondary N) is 1. The summed E-state index contributed by atoms with van der Waals surface area (Å²) in [5.74, 6) is 0. The topological polar surface area (TPSA) is 50.1 Å². The maximum atomic E-state index is 10.2. The highest BCUT2D eigenvalue weighted by Crippen LogP contribution is 2.35. The van der Waals surface area contributed by atoms with E-state index in [1.165, 1.54) is 12.0 Å². The number of benzene rings is 1. The number of aliphatic hydroxyl groups is 1. The molecule has 1 aliphatic carbocycles. The molecule has 1 saturated carbocycles. The van der Waals surface area contributed by atoms with Crippen molar-refractivity contribution in [3.63, 3.8) is 0 Å². The van der Waals surface area contributed by atoms with Gasteiger partial charge in [0, 0.05) is 36.6 Å². The summed E-state index contributed by atoms with van der Waals surface area (Å²) in [5, 5.41) is 13.7. The standard InChI is InChI=1S/C18H25N3O/c1-18(9-3-2-4-17(18)22)13-20-12-15-5-7-16(8-6-15)21-11-10-19-14-21/h5-8,10-11,14,17,20,22H,2-4,9,12-13H2,1H3. The predicted octanol–water partition coefficient (Wildman–Crippen LogP) is 2.90. The van der Waals surface area contributed by atoms with Crippen LogP contribution in [0.15, 0.2) is 43.0 Å². The molecule has 2 N–H and O–H groups in total. The third kappa shape index (κ3) is 3.39. The molecule has 22 heavy (non-hydrogen) atoms. The number of hydrogen-bond acceptors (Lipinski definition) is 3. The second-order valence-electron chi connectivity index (χ2n) is 6.66. The third-order valence-electron chi connectivity index (χ3n) is 4.88. The van der Waals surface area contributed by atoms with Crippen LogP contribution >= 0.6 is 0 Å². The first-order valence-electron chi connectivity index (χ1n) is 8.13. The van der Waals surface area contributed by atoms with E-state index in [0.717, 1.165) is 38.0 Å². The lowest BCUT2D eigenvalue weighted by Gasteiger charge is -2.38. The number of imidazole rings is 1. The lowest BCUT2D eigenvalue weighted by molar-refractivity contribution is 0.00115. The first kappa shape index (κ1) is 15.3. The molecule has 1 heterocycles. The zero-order valence-electron chi connectivity index (χ0n) is 13.2. The average Bonchev–Trinajstić information content (AvgIpc) is 3.06. The molecule has 1 aromatic heterocycles. The number of nitrogens with zero attached hydrogens (tertiary/aromatic N) is 2. The molecule has 1 fully saturated rings. The van der Waals surface area contributed by atoms with Gasteiger partial charge in [-0.25, -0.2) is 4.98 Å². The molecule has 2 unspecified atom stereocenters. The highest BCUT2D eigenvalue weighted by atomic mass is 16.3. The molecule has 0 amide bonds. The van der Waals surface area contributed by atoms with Gasteiger partial charge in [-0.15, -0.1) is 0 Å². The molecule has 0 spiro atoms. The Bertz CT molecular complexity index is 579. The normalized spacial score (nSPS) is 25.3. The Labute approximate surface area is 132 Å². The zero-order valence-corrected chi connectivity index (χ0v) is 13.2. The van der Waals surface area contributed by atoms with E-state index in [1.54, 1.807) is 12.5 Å². The second kappa shape index (κ2) is 6.63. The van der Waals surface area contributed by atoms with E-state index in [-0.39, 0.29) is 11.5 Å². The SMILES string of the molecule is CC1(CNCc2ccc(-n3ccnc3)cc2)CCCCC1O. The summed E-state index contributed by atoms with van der Waals surface area (Å²) in [6.07, 6.45) is 9.81. The van der Waals surface area contributed by atoms with E-state index in [2.05, 4.69) is 41.5 Å². The van der Waals surface area contributed by atoms with E-state index in [1.807, 2.05) is 10.8 Å². The minimum Gasteiger partial charge on any atom is -0.393 e. The van der Waals surface area contributed by atoms with Gasteiger partial charge in [0.05, 0.1) is 12.4 Å². The van der Waals surface area contributed by atoms with Crippen LogP contribution in [-0.4, -0.2) is 27.3 Å². The molecular formula is C18H25N3O.